The van der Waals surface area contributed by atoms with Crippen molar-refractivity contribution in [2.24, 2.45) is 5.73 Å². The third kappa shape index (κ3) is 2.88. The molecular formula is C13H22N2OS. The fourth-order valence-electron chi connectivity index (χ4n) is 2.62. The summed E-state index contributed by atoms with van der Waals surface area (Å²) >= 11 is 1.82. The average Bonchev–Trinajstić information content (AvgIpc) is 2.65. The van der Waals surface area contributed by atoms with Gasteiger partial charge in [0.05, 0.1) is 18.2 Å². The molecule has 0 bridgehead atoms. The molecule has 1 aromatic heterocycles. The lowest BCUT2D eigenvalue weighted by Gasteiger charge is -2.39. The normalized spacial score (nSPS) is 28.2. The van der Waals surface area contributed by atoms with Gasteiger partial charge in [0.1, 0.15) is 0 Å². The fraction of sp³-hybridized carbons (Fsp3) is 0.692. The zero-order valence-electron chi connectivity index (χ0n) is 10.8. The van der Waals surface area contributed by atoms with Crippen LogP contribution in [0, 0.1) is 6.92 Å². The Labute approximate surface area is 108 Å². The van der Waals surface area contributed by atoms with E-state index in [1.54, 1.807) is 0 Å². The van der Waals surface area contributed by atoms with E-state index < -0.39 is 0 Å². The lowest BCUT2D eigenvalue weighted by molar-refractivity contribution is -0.0796. The van der Waals surface area contributed by atoms with E-state index in [0.29, 0.717) is 24.8 Å². The number of ether oxygens (including phenoxy) is 1. The summed E-state index contributed by atoms with van der Waals surface area (Å²) in [4.78, 5) is 3.88. The van der Waals surface area contributed by atoms with Crippen LogP contribution in [-0.4, -0.2) is 36.7 Å². The maximum absolute atomic E-state index is 5.98. The Balaban J connectivity index is 2.15. The van der Waals surface area contributed by atoms with Crippen LogP contribution < -0.4 is 5.73 Å². The summed E-state index contributed by atoms with van der Waals surface area (Å²) in [5.74, 6) is 0. The van der Waals surface area contributed by atoms with Crippen LogP contribution in [0.3, 0.4) is 0 Å². The van der Waals surface area contributed by atoms with Crippen LogP contribution in [-0.2, 0) is 4.74 Å². The molecule has 1 aliphatic heterocycles. The minimum Gasteiger partial charge on any atom is -0.373 e. The number of hydrogen-bond donors (Lipinski definition) is 1. The first kappa shape index (κ1) is 13.0. The van der Waals surface area contributed by atoms with E-state index in [1.165, 1.54) is 10.4 Å². The van der Waals surface area contributed by atoms with Crippen LogP contribution in [0.4, 0.5) is 0 Å². The van der Waals surface area contributed by atoms with E-state index in [9.17, 15) is 0 Å². The van der Waals surface area contributed by atoms with E-state index in [1.807, 2.05) is 11.3 Å². The molecule has 0 aliphatic carbocycles. The summed E-state index contributed by atoms with van der Waals surface area (Å²) in [7, 11) is 0. The van der Waals surface area contributed by atoms with Crippen molar-refractivity contribution in [2.75, 3.05) is 19.6 Å². The first-order valence-electron chi connectivity index (χ1n) is 6.25. The summed E-state index contributed by atoms with van der Waals surface area (Å²) in [6.07, 6.45) is 0.598. The van der Waals surface area contributed by atoms with Crippen molar-refractivity contribution < 1.29 is 4.74 Å². The van der Waals surface area contributed by atoms with E-state index in [0.717, 1.165) is 13.1 Å². The Morgan fingerprint density at radius 3 is 2.59 bits per heavy atom. The number of nitrogens with two attached hydrogens (primary N) is 1. The fourth-order valence-corrected chi connectivity index (χ4v) is 3.69. The van der Waals surface area contributed by atoms with Gasteiger partial charge in [-0.1, -0.05) is 0 Å². The summed E-state index contributed by atoms with van der Waals surface area (Å²) in [5, 5.41) is 2.15. The smallest absolute Gasteiger partial charge is 0.0678 e. The highest BCUT2D eigenvalue weighted by Gasteiger charge is 2.29. The Kier molecular flexibility index (Phi) is 4.20. The zero-order chi connectivity index (χ0) is 12.4. The Morgan fingerprint density at radius 2 is 2.12 bits per heavy atom. The molecule has 2 heterocycles. The summed E-state index contributed by atoms with van der Waals surface area (Å²) in [5.41, 5.74) is 7.34. The molecule has 1 unspecified atom stereocenters. The molecule has 1 fully saturated rings. The van der Waals surface area contributed by atoms with Gasteiger partial charge in [-0.25, -0.2) is 0 Å². The molecule has 3 nitrogen and oxygen atoms in total. The van der Waals surface area contributed by atoms with Crippen LogP contribution in [0.25, 0.3) is 0 Å². The van der Waals surface area contributed by atoms with Gasteiger partial charge < -0.3 is 10.5 Å². The van der Waals surface area contributed by atoms with Gasteiger partial charge in [0.2, 0.25) is 0 Å². The third-order valence-electron chi connectivity index (χ3n) is 3.32. The summed E-state index contributed by atoms with van der Waals surface area (Å²) < 4.78 is 5.78. The highest BCUT2D eigenvalue weighted by atomic mass is 32.1. The average molecular weight is 254 g/mol. The van der Waals surface area contributed by atoms with Crippen molar-refractivity contribution in [3.8, 4) is 0 Å². The number of hydrogen-bond acceptors (Lipinski definition) is 4. The SMILES string of the molecule is Cc1ccsc1C(CN)N1C[C@@H](C)O[C@@H](C)C1. The Morgan fingerprint density at radius 1 is 1.47 bits per heavy atom. The van der Waals surface area contributed by atoms with E-state index in [2.05, 4.69) is 37.1 Å². The molecule has 4 heteroatoms. The Bertz CT molecular complexity index is 356. The maximum Gasteiger partial charge on any atom is 0.0678 e. The van der Waals surface area contributed by atoms with Crippen LogP contribution in [0.2, 0.25) is 0 Å². The van der Waals surface area contributed by atoms with Crippen molar-refractivity contribution in [1.82, 2.24) is 4.90 Å². The molecule has 1 aliphatic rings. The molecule has 0 aromatic carbocycles. The van der Waals surface area contributed by atoms with Crippen molar-refractivity contribution >= 4 is 11.3 Å². The van der Waals surface area contributed by atoms with Gasteiger partial charge in [-0.3, -0.25) is 4.90 Å². The lowest BCUT2D eigenvalue weighted by Crippen LogP contribution is -2.48. The van der Waals surface area contributed by atoms with E-state index in [-0.39, 0.29) is 0 Å². The molecular weight excluding hydrogens is 232 g/mol. The van der Waals surface area contributed by atoms with Gasteiger partial charge in [-0.05, 0) is 37.8 Å². The van der Waals surface area contributed by atoms with Crippen molar-refractivity contribution in [2.45, 2.75) is 39.0 Å². The van der Waals surface area contributed by atoms with E-state index >= 15 is 0 Å². The summed E-state index contributed by atoms with van der Waals surface area (Å²) in [6, 6.07) is 2.53. The number of rotatable bonds is 3. The second kappa shape index (κ2) is 5.48. The molecule has 2 N–H and O–H groups in total. The largest absolute Gasteiger partial charge is 0.373 e. The monoisotopic (exact) mass is 254 g/mol. The van der Waals surface area contributed by atoms with Gasteiger partial charge >= 0.3 is 0 Å². The van der Waals surface area contributed by atoms with Gasteiger partial charge in [0, 0.05) is 24.5 Å². The van der Waals surface area contributed by atoms with Gasteiger partial charge in [0.25, 0.3) is 0 Å². The molecule has 0 spiro atoms. The minimum atomic E-state index is 0.299. The zero-order valence-corrected chi connectivity index (χ0v) is 11.7. The standard InChI is InChI=1S/C13H22N2OS/c1-9-4-5-17-13(9)12(6-14)15-7-10(2)16-11(3)8-15/h4-5,10-12H,6-8,14H2,1-3H3/t10-,11+,12?. The second-order valence-corrected chi connectivity index (χ2v) is 5.88. The quantitative estimate of drug-likeness (QED) is 0.898. The second-order valence-electron chi connectivity index (χ2n) is 4.93. The minimum absolute atomic E-state index is 0.299. The highest BCUT2D eigenvalue weighted by Crippen LogP contribution is 2.30. The number of nitrogens with zero attached hydrogens (tertiary/aromatic N) is 1. The molecule has 17 heavy (non-hydrogen) atoms. The maximum atomic E-state index is 5.98. The van der Waals surface area contributed by atoms with Crippen LogP contribution >= 0.6 is 11.3 Å². The van der Waals surface area contributed by atoms with Crippen molar-refractivity contribution in [1.29, 1.82) is 0 Å². The van der Waals surface area contributed by atoms with Gasteiger partial charge in [-0.15, -0.1) is 11.3 Å². The topological polar surface area (TPSA) is 38.5 Å². The van der Waals surface area contributed by atoms with Crippen LogP contribution in [0.1, 0.15) is 30.3 Å². The van der Waals surface area contributed by atoms with Gasteiger partial charge in [-0.2, -0.15) is 0 Å². The molecule has 0 amide bonds. The number of aryl methyl sites for hydroxylation is 1. The molecule has 1 saturated heterocycles. The van der Waals surface area contributed by atoms with Crippen LogP contribution in [0.5, 0.6) is 0 Å². The summed E-state index contributed by atoms with van der Waals surface area (Å²) in [6.45, 7) is 9.07. The molecule has 3 atom stereocenters. The molecule has 96 valence electrons. The predicted octanol–water partition coefficient (Wildman–Crippen LogP) is 2.17. The number of morpholine rings is 1. The third-order valence-corrected chi connectivity index (χ3v) is 4.44. The van der Waals surface area contributed by atoms with E-state index in [4.69, 9.17) is 10.5 Å². The predicted molar refractivity (Wildman–Crippen MR) is 72.4 cm³/mol. The van der Waals surface area contributed by atoms with Crippen LogP contribution in [0.15, 0.2) is 11.4 Å². The molecule has 0 saturated carbocycles. The molecule has 0 radical (unpaired) electrons. The van der Waals surface area contributed by atoms with Crippen molar-refractivity contribution in [3.05, 3.63) is 21.9 Å². The number of thiophene rings is 1. The Hall–Kier alpha value is -0.420. The first-order valence-corrected chi connectivity index (χ1v) is 7.13. The first-order chi connectivity index (χ1) is 8.11. The molecule has 1 aromatic rings. The molecule has 2 rings (SSSR count). The van der Waals surface area contributed by atoms with Gasteiger partial charge in [0.15, 0.2) is 0 Å². The van der Waals surface area contributed by atoms with Crippen molar-refractivity contribution in [3.63, 3.8) is 0 Å². The highest BCUT2D eigenvalue weighted by molar-refractivity contribution is 7.10. The lowest BCUT2D eigenvalue weighted by atomic mass is 10.1.